The van der Waals surface area contributed by atoms with E-state index < -0.39 is 11.5 Å². The van der Waals surface area contributed by atoms with Crippen LogP contribution < -0.4 is 15.7 Å². The molecule has 1 aliphatic carbocycles. The Morgan fingerprint density at radius 3 is 2.31 bits per heavy atom. The summed E-state index contributed by atoms with van der Waals surface area (Å²) in [5, 5.41) is 3.10. The Labute approximate surface area is 181 Å². The largest absolute Gasteiger partial charge is 0.497 e. The number of carbonyl (C=O) groups excluding carboxylic acids is 3. The average Bonchev–Trinajstić information content (AvgIpc) is 2.81. The Hall–Kier alpha value is -4.52. The quantitative estimate of drug-likeness (QED) is 0.441. The fourth-order valence-electron chi connectivity index (χ4n) is 3.83. The minimum absolute atomic E-state index is 0.0939. The Morgan fingerprint density at radius 2 is 1.56 bits per heavy atom. The van der Waals surface area contributed by atoms with Gasteiger partial charge in [0.05, 0.1) is 18.4 Å². The van der Waals surface area contributed by atoms with Crippen molar-refractivity contribution in [3.05, 3.63) is 105 Å². The van der Waals surface area contributed by atoms with Crippen molar-refractivity contribution in [3.8, 4) is 5.75 Å². The molecule has 0 spiro atoms. The molecule has 0 fully saturated rings. The molecule has 0 aliphatic heterocycles. The van der Waals surface area contributed by atoms with Gasteiger partial charge in [-0.3, -0.25) is 14.4 Å². The zero-order valence-corrected chi connectivity index (χ0v) is 16.8. The first kappa shape index (κ1) is 19.4. The molecule has 0 radical (unpaired) electrons. The van der Waals surface area contributed by atoms with Gasteiger partial charge in [0.15, 0.2) is 11.6 Å². The van der Waals surface area contributed by atoms with Crippen LogP contribution >= 0.6 is 0 Å². The molecule has 0 bridgehead atoms. The number of amides is 1. The molecular weight excluding hydrogens is 410 g/mol. The third-order valence-electron chi connectivity index (χ3n) is 5.38. The van der Waals surface area contributed by atoms with Crippen LogP contribution in [0, 0.1) is 0 Å². The van der Waals surface area contributed by atoms with E-state index in [2.05, 4.69) is 5.32 Å². The highest BCUT2D eigenvalue weighted by molar-refractivity contribution is 6.30. The van der Waals surface area contributed by atoms with Crippen LogP contribution in [0.3, 0.4) is 0 Å². The molecule has 0 atom stereocenters. The highest BCUT2D eigenvalue weighted by Crippen LogP contribution is 2.32. The number of anilines is 1. The maximum absolute atomic E-state index is 13.1. The Balaban J connectivity index is 1.57. The van der Waals surface area contributed by atoms with E-state index in [4.69, 9.17) is 9.15 Å². The summed E-state index contributed by atoms with van der Waals surface area (Å²) >= 11 is 0. The summed E-state index contributed by atoms with van der Waals surface area (Å²) in [7, 11) is 1.50. The number of carbonyl (C=O) groups is 3. The molecule has 1 heterocycles. The number of hydrogen-bond donors (Lipinski definition) is 1. The zero-order chi connectivity index (χ0) is 22.4. The Kier molecular flexibility index (Phi) is 4.44. The second-order valence-electron chi connectivity index (χ2n) is 7.24. The van der Waals surface area contributed by atoms with Gasteiger partial charge in [0.25, 0.3) is 5.91 Å². The molecule has 32 heavy (non-hydrogen) atoms. The topological polar surface area (TPSA) is 103 Å². The summed E-state index contributed by atoms with van der Waals surface area (Å²) in [5.74, 6) is -0.890. The summed E-state index contributed by atoms with van der Waals surface area (Å²) in [6.45, 7) is 0. The van der Waals surface area contributed by atoms with Gasteiger partial charge in [-0.2, -0.15) is 0 Å². The number of nitrogens with one attached hydrogen (secondary N) is 1. The van der Waals surface area contributed by atoms with Gasteiger partial charge < -0.3 is 14.5 Å². The van der Waals surface area contributed by atoms with Gasteiger partial charge in [0, 0.05) is 22.1 Å². The van der Waals surface area contributed by atoms with Crippen molar-refractivity contribution in [1.29, 1.82) is 0 Å². The van der Waals surface area contributed by atoms with E-state index in [0.717, 1.165) is 0 Å². The van der Waals surface area contributed by atoms with Gasteiger partial charge in [0.2, 0.25) is 0 Å². The normalized spacial score (nSPS) is 12.3. The number of hydrogen-bond acceptors (Lipinski definition) is 6. The van der Waals surface area contributed by atoms with E-state index in [1.165, 1.54) is 25.3 Å². The lowest BCUT2D eigenvalue weighted by Crippen LogP contribution is -2.25. The molecule has 1 aliphatic rings. The number of ketones is 2. The molecule has 1 amide bonds. The van der Waals surface area contributed by atoms with E-state index >= 15 is 0 Å². The standard InChI is InChI=1S/C25H15NO6/c1-31-14-9-10-20-13(11-14)12-18(25(30)32-20)24(29)26-19-8-4-7-17-21(19)23(28)16-6-3-2-5-15(16)22(17)27/h2-12H,1H3,(H,26,29). The number of benzene rings is 3. The lowest BCUT2D eigenvalue weighted by molar-refractivity contribution is 0.0978. The molecule has 156 valence electrons. The second kappa shape index (κ2) is 7.31. The predicted molar refractivity (Wildman–Crippen MR) is 117 cm³/mol. The van der Waals surface area contributed by atoms with Gasteiger partial charge in [0.1, 0.15) is 16.9 Å². The molecule has 1 N–H and O–H groups in total. The van der Waals surface area contributed by atoms with Crippen LogP contribution in [0.1, 0.15) is 42.2 Å². The van der Waals surface area contributed by atoms with Crippen LogP contribution in [0.5, 0.6) is 5.75 Å². The van der Waals surface area contributed by atoms with E-state index in [1.54, 1.807) is 48.5 Å². The van der Waals surface area contributed by atoms with Crippen molar-refractivity contribution in [1.82, 2.24) is 0 Å². The van der Waals surface area contributed by atoms with Crippen molar-refractivity contribution in [2.75, 3.05) is 12.4 Å². The van der Waals surface area contributed by atoms with Gasteiger partial charge >= 0.3 is 5.63 Å². The van der Waals surface area contributed by atoms with Crippen LogP contribution in [-0.2, 0) is 0 Å². The Morgan fingerprint density at radius 1 is 0.844 bits per heavy atom. The third kappa shape index (κ3) is 2.99. The van der Waals surface area contributed by atoms with E-state index in [9.17, 15) is 19.2 Å². The number of rotatable bonds is 3. The maximum atomic E-state index is 13.1. The minimum atomic E-state index is -0.822. The lowest BCUT2D eigenvalue weighted by atomic mass is 9.83. The molecule has 7 nitrogen and oxygen atoms in total. The van der Waals surface area contributed by atoms with Gasteiger partial charge in [-0.1, -0.05) is 36.4 Å². The second-order valence-corrected chi connectivity index (χ2v) is 7.24. The monoisotopic (exact) mass is 425 g/mol. The molecule has 5 rings (SSSR count). The van der Waals surface area contributed by atoms with Crippen molar-refractivity contribution in [3.63, 3.8) is 0 Å². The highest BCUT2D eigenvalue weighted by Gasteiger charge is 2.32. The van der Waals surface area contributed by atoms with Gasteiger partial charge in [-0.05, 0) is 30.3 Å². The van der Waals surface area contributed by atoms with E-state index in [-0.39, 0.29) is 39.5 Å². The van der Waals surface area contributed by atoms with Crippen molar-refractivity contribution in [2.45, 2.75) is 0 Å². The number of fused-ring (bicyclic) bond motifs is 3. The van der Waals surface area contributed by atoms with Gasteiger partial charge in [-0.25, -0.2) is 4.79 Å². The molecular formula is C25H15NO6. The fraction of sp³-hybridized carbons (Fsp3) is 0.0400. The SMILES string of the molecule is COc1ccc2oc(=O)c(C(=O)Nc3cccc4c3C(=O)c3ccccc3C4=O)cc2c1. The summed E-state index contributed by atoms with van der Waals surface area (Å²) in [5.41, 5.74) is 0.267. The minimum Gasteiger partial charge on any atom is -0.497 e. The maximum Gasteiger partial charge on any atom is 0.349 e. The van der Waals surface area contributed by atoms with E-state index in [0.29, 0.717) is 22.3 Å². The van der Waals surface area contributed by atoms with Crippen LogP contribution in [-0.4, -0.2) is 24.6 Å². The summed E-state index contributed by atoms with van der Waals surface area (Å²) < 4.78 is 10.4. The van der Waals surface area contributed by atoms with E-state index in [1.807, 2.05) is 0 Å². The number of methoxy groups -OCH3 is 1. The van der Waals surface area contributed by atoms with Crippen molar-refractivity contribution >= 4 is 34.1 Å². The summed E-state index contributed by atoms with van der Waals surface area (Å²) in [6, 6.07) is 17.4. The van der Waals surface area contributed by atoms with Crippen LogP contribution in [0.15, 0.2) is 75.9 Å². The summed E-state index contributed by atoms with van der Waals surface area (Å²) in [4.78, 5) is 51.3. The van der Waals surface area contributed by atoms with Crippen molar-refractivity contribution < 1.29 is 23.5 Å². The molecule has 0 saturated heterocycles. The fourth-order valence-corrected chi connectivity index (χ4v) is 3.83. The predicted octanol–water partition coefficient (Wildman–Crippen LogP) is 3.83. The van der Waals surface area contributed by atoms with Gasteiger partial charge in [-0.15, -0.1) is 0 Å². The van der Waals surface area contributed by atoms with Crippen LogP contribution in [0.25, 0.3) is 11.0 Å². The van der Waals surface area contributed by atoms with Crippen LogP contribution in [0.2, 0.25) is 0 Å². The molecule has 3 aromatic carbocycles. The van der Waals surface area contributed by atoms with Crippen LogP contribution in [0.4, 0.5) is 5.69 Å². The molecule has 7 heteroatoms. The first-order valence-electron chi connectivity index (χ1n) is 9.72. The zero-order valence-electron chi connectivity index (χ0n) is 16.8. The molecule has 1 aromatic heterocycles. The highest BCUT2D eigenvalue weighted by atomic mass is 16.5. The average molecular weight is 425 g/mol. The first-order chi connectivity index (χ1) is 15.5. The molecule has 0 unspecified atom stereocenters. The third-order valence-corrected chi connectivity index (χ3v) is 5.38. The molecule has 4 aromatic rings. The molecule has 0 saturated carbocycles. The van der Waals surface area contributed by atoms with Crippen molar-refractivity contribution in [2.24, 2.45) is 0 Å². The summed E-state index contributed by atoms with van der Waals surface area (Å²) in [6.07, 6.45) is 0. The Bertz CT molecular complexity index is 1510. The first-order valence-corrected chi connectivity index (χ1v) is 9.72. The number of ether oxygens (including phenoxy) is 1. The smallest absolute Gasteiger partial charge is 0.349 e. The lowest BCUT2D eigenvalue weighted by Gasteiger charge is -2.20.